The third kappa shape index (κ3) is 3.71. The van der Waals surface area contributed by atoms with Crippen LogP contribution < -0.4 is 5.32 Å². The number of nitrogens with one attached hydrogen (secondary N) is 1. The number of imidazole rings is 1. The van der Waals surface area contributed by atoms with E-state index in [9.17, 15) is 0 Å². The maximum absolute atomic E-state index is 4.68. The molecule has 0 saturated heterocycles. The van der Waals surface area contributed by atoms with E-state index in [2.05, 4.69) is 131 Å². The van der Waals surface area contributed by atoms with E-state index >= 15 is 0 Å². The molecule has 0 amide bonds. The molecule has 0 aliphatic carbocycles. The fourth-order valence-electron chi connectivity index (χ4n) is 4.71. The number of rotatable bonds is 5. The molecule has 0 fully saturated rings. The molecule has 0 spiro atoms. The molecule has 1 N–H and O–H groups in total. The minimum absolute atomic E-state index is 0.921. The summed E-state index contributed by atoms with van der Waals surface area (Å²) >= 11 is 0. The van der Waals surface area contributed by atoms with Crippen LogP contribution in [0.25, 0.3) is 27.5 Å². The van der Waals surface area contributed by atoms with Gasteiger partial charge in [-0.05, 0) is 65.8 Å². The van der Waals surface area contributed by atoms with Crippen molar-refractivity contribution in [2.75, 3.05) is 5.32 Å². The zero-order valence-electron chi connectivity index (χ0n) is 19.1. The van der Waals surface area contributed by atoms with Crippen molar-refractivity contribution in [3.8, 4) is 5.69 Å². The van der Waals surface area contributed by atoms with Gasteiger partial charge in [0.15, 0.2) is 0 Å². The number of para-hydroxylation sites is 1. The molecule has 164 valence electrons. The lowest BCUT2D eigenvalue weighted by Crippen LogP contribution is -1.96. The maximum Gasteiger partial charge on any atom is 0.100 e. The molecule has 3 heteroatoms. The van der Waals surface area contributed by atoms with Gasteiger partial charge in [-0.25, -0.2) is 4.98 Å². The van der Waals surface area contributed by atoms with E-state index in [0.29, 0.717) is 0 Å². The molecule has 1 aromatic heterocycles. The van der Waals surface area contributed by atoms with Crippen molar-refractivity contribution in [2.24, 2.45) is 0 Å². The van der Waals surface area contributed by atoms with Crippen LogP contribution in [0.1, 0.15) is 16.7 Å². The Labute approximate surface area is 199 Å². The summed E-state index contributed by atoms with van der Waals surface area (Å²) in [4.78, 5) is 4.68. The lowest BCUT2D eigenvalue weighted by atomic mass is 9.97. The van der Waals surface area contributed by atoms with E-state index in [-0.39, 0.29) is 0 Å². The lowest BCUT2D eigenvalue weighted by Gasteiger charge is -2.14. The summed E-state index contributed by atoms with van der Waals surface area (Å²) in [7, 11) is 0. The summed E-state index contributed by atoms with van der Waals surface area (Å²) in [6.45, 7) is 2.13. The first-order valence-corrected chi connectivity index (χ1v) is 11.6. The van der Waals surface area contributed by atoms with Gasteiger partial charge in [0.05, 0.1) is 16.7 Å². The Bertz CT molecular complexity index is 1610. The molecule has 6 rings (SSSR count). The first-order valence-electron chi connectivity index (χ1n) is 11.6. The minimum Gasteiger partial charge on any atom is -0.355 e. The highest BCUT2D eigenvalue weighted by Gasteiger charge is 2.10. The summed E-state index contributed by atoms with van der Waals surface area (Å²) in [5, 5.41) is 6.14. The number of nitrogens with zero attached hydrogens (tertiary/aromatic N) is 2. The largest absolute Gasteiger partial charge is 0.355 e. The predicted molar refractivity (Wildman–Crippen MR) is 142 cm³/mol. The number of anilines is 2. The lowest BCUT2D eigenvalue weighted by molar-refractivity contribution is 1.07. The van der Waals surface area contributed by atoms with Gasteiger partial charge in [0.1, 0.15) is 6.33 Å². The highest BCUT2D eigenvalue weighted by Crippen LogP contribution is 2.31. The fraction of sp³-hybridized carbons (Fsp3) is 0.0645. The van der Waals surface area contributed by atoms with Crippen molar-refractivity contribution >= 4 is 33.2 Å². The van der Waals surface area contributed by atoms with Crippen LogP contribution >= 0.6 is 0 Å². The SMILES string of the molecule is Cc1ccccc1-n1cnc2cc(Nc3ccc(Cc4ccccc4)c4ccccc34)ccc21. The number of hydrogen-bond acceptors (Lipinski definition) is 2. The summed E-state index contributed by atoms with van der Waals surface area (Å²) < 4.78 is 2.15. The van der Waals surface area contributed by atoms with Crippen molar-refractivity contribution in [3.63, 3.8) is 0 Å². The van der Waals surface area contributed by atoms with Gasteiger partial charge < -0.3 is 5.32 Å². The van der Waals surface area contributed by atoms with Crippen LogP contribution in [0, 0.1) is 6.92 Å². The van der Waals surface area contributed by atoms with Crippen LogP contribution in [0.2, 0.25) is 0 Å². The van der Waals surface area contributed by atoms with Crippen LogP contribution in [0.15, 0.2) is 116 Å². The molecule has 6 aromatic rings. The first-order chi connectivity index (χ1) is 16.8. The third-order valence-corrected chi connectivity index (χ3v) is 6.45. The molecule has 0 saturated carbocycles. The number of aryl methyl sites for hydroxylation is 1. The smallest absolute Gasteiger partial charge is 0.100 e. The molecule has 0 aliphatic heterocycles. The normalized spacial score (nSPS) is 11.2. The van der Waals surface area contributed by atoms with Crippen LogP contribution in [0.3, 0.4) is 0 Å². The van der Waals surface area contributed by atoms with Crippen molar-refractivity contribution in [1.29, 1.82) is 0 Å². The van der Waals surface area contributed by atoms with Gasteiger partial charge >= 0.3 is 0 Å². The van der Waals surface area contributed by atoms with Gasteiger partial charge in [0.2, 0.25) is 0 Å². The van der Waals surface area contributed by atoms with Gasteiger partial charge in [0, 0.05) is 16.8 Å². The van der Waals surface area contributed by atoms with Crippen LogP contribution in [0.4, 0.5) is 11.4 Å². The average Bonchev–Trinajstić information content (AvgIpc) is 3.29. The van der Waals surface area contributed by atoms with Crippen molar-refractivity contribution in [3.05, 3.63) is 132 Å². The molecule has 0 atom stereocenters. The van der Waals surface area contributed by atoms with E-state index < -0.39 is 0 Å². The van der Waals surface area contributed by atoms with Crippen molar-refractivity contribution in [1.82, 2.24) is 9.55 Å². The predicted octanol–water partition coefficient (Wildman–Crippen LogP) is 7.82. The second-order valence-electron chi connectivity index (χ2n) is 8.71. The van der Waals surface area contributed by atoms with Crippen molar-refractivity contribution < 1.29 is 0 Å². The summed E-state index contributed by atoms with van der Waals surface area (Å²) in [6.07, 6.45) is 2.83. The molecule has 1 heterocycles. The van der Waals surface area contributed by atoms with E-state index in [1.165, 1.54) is 27.5 Å². The minimum atomic E-state index is 0.921. The molecule has 0 unspecified atom stereocenters. The van der Waals surface area contributed by atoms with Gasteiger partial charge in [-0.1, -0.05) is 78.9 Å². The molecular weight excluding hydrogens is 414 g/mol. The summed E-state index contributed by atoms with van der Waals surface area (Å²) in [5.41, 5.74) is 9.24. The van der Waals surface area contributed by atoms with Gasteiger partial charge in [-0.3, -0.25) is 4.57 Å². The highest BCUT2D eigenvalue weighted by molar-refractivity contribution is 5.98. The average molecular weight is 440 g/mol. The molecule has 3 nitrogen and oxygen atoms in total. The zero-order chi connectivity index (χ0) is 22.9. The third-order valence-electron chi connectivity index (χ3n) is 6.45. The Kier molecular flexibility index (Phi) is 5.08. The Hall–Kier alpha value is -4.37. The molecule has 0 bridgehead atoms. The van der Waals surface area contributed by atoms with Crippen LogP contribution in [0.5, 0.6) is 0 Å². The summed E-state index contributed by atoms with van der Waals surface area (Å²) in [5.74, 6) is 0. The topological polar surface area (TPSA) is 29.9 Å². The zero-order valence-corrected chi connectivity index (χ0v) is 19.1. The Balaban J connectivity index is 1.35. The van der Waals surface area contributed by atoms with Crippen LogP contribution in [-0.2, 0) is 6.42 Å². The molecule has 0 radical (unpaired) electrons. The Morgan fingerprint density at radius 3 is 2.35 bits per heavy atom. The Morgan fingerprint density at radius 1 is 0.735 bits per heavy atom. The van der Waals surface area contributed by atoms with E-state index in [1.807, 2.05) is 6.33 Å². The van der Waals surface area contributed by atoms with E-state index in [1.54, 1.807) is 0 Å². The van der Waals surface area contributed by atoms with E-state index in [4.69, 9.17) is 0 Å². The first kappa shape index (κ1) is 20.3. The van der Waals surface area contributed by atoms with Crippen LogP contribution in [-0.4, -0.2) is 9.55 Å². The number of fused-ring (bicyclic) bond motifs is 2. The molecule has 34 heavy (non-hydrogen) atoms. The Morgan fingerprint density at radius 2 is 1.50 bits per heavy atom. The van der Waals surface area contributed by atoms with Crippen molar-refractivity contribution in [2.45, 2.75) is 13.3 Å². The standard InChI is InChI=1S/C31H25N3/c1-22-9-5-8-14-30(22)34-21-32-29-20-25(16-18-31(29)34)33-28-17-15-24(19-23-10-3-2-4-11-23)26-12-6-7-13-27(26)28/h2-18,20-21,33H,19H2,1H3. The monoisotopic (exact) mass is 439 g/mol. The fourth-order valence-corrected chi connectivity index (χ4v) is 4.71. The van der Waals surface area contributed by atoms with Gasteiger partial charge in [-0.15, -0.1) is 0 Å². The second kappa shape index (κ2) is 8.53. The van der Waals surface area contributed by atoms with E-state index in [0.717, 1.165) is 34.5 Å². The molecular formula is C31H25N3. The summed E-state index contributed by atoms with van der Waals surface area (Å²) in [6, 6.07) is 38.5. The second-order valence-corrected chi connectivity index (χ2v) is 8.71. The highest BCUT2D eigenvalue weighted by atomic mass is 15.1. The maximum atomic E-state index is 4.68. The number of hydrogen-bond donors (Lipinski definition) is 1. The molecule has 0 aliphatic rings. The quantitative estimate of drug-likeness (QED) is 0.297. The number of aromatic nitrogens is 2. The number of benzene rings is 5. The van der Waals surface area contributed by atoms with Gasteiger partial charge in [0.25, 0.3) is 0 Å². The molecule has 5 aromatic carbocycles. The van der Waals surface area contributed by atoms with Gasteiger partial charge in [-0.2, -0.15) is 0 Å².